The molecule has 4 nitrogen and oxygen atoms in total. The van der Waals surface area contributed by atoms with Crippen molar-refractivity contribution in [3.63, 3.8) is 0 Å². The molecule has 0 heterocycles. The fourth-order valence-corrected chi connectivity index (χ4v) is 1.52. The number of halogens is 3. The third-order valence-corrected chi connectivity index (χ3v) is 2.27. The molecule has 1 aromatic rings. The van der Waals surface area contributed by atoms with Crippen molar-refractivity contribution in [3.05, 3.63) is 29.3 Å². The van der Waals surface area contributed by atoms with E-state index in [1.165, 1.54) is 26.4 Å². The average Bonchev–Trinajstić information content (AvgIpc) is 2.31. The highest BCUT2D eigenvalue weighted by Gasteiger charge is 2.35. The number of hydrogen-bond donors (Lipinski definition) is 1. The Labute approximate surface area is 102 Å². The first-order chi connectivity index (χ1) is 8.43. The summed E-state index contributed by atoms with van der Waals surface area (Å²) in [6, 6.07) is 3.37. The van der Waals surface area contributed by atoms with E-state index in [9.17, 15) is 18.0 Å². The van der Waals surface area contributed by atoms with Crippen LogP contribution >= 0.6 is 0 Å². The quantitative estimate of drug-likeness (QED) is 0.656. The smallest absolute Gasteiger partial charge is 0.352 e. The molecule has 0 aliphatic heterocycles. The monoisotopic (exact) mass is 263 g/mol. The second kappa shape index (κ2) is 5.83. The average molecular weight is 263 g/mol. The van der Waals surface area contributed by atoms with E-state index in [0.29, 0.717) is 6.41 Å². The molecule has 7 heteroatoms. The number of benzene rings is 1. The summed E-state index contributed by atoms with van der Waals surface area (Å²) in [6.45, 7) is 0. The molecule has 0 aromatic heterocycles. The van der Waals surface area contributed by atoms with Gasteiger partial charge in [0.25, 0.3) is 0 Å². The van der Waals surface area contributed by atoms with Crippen LogP contribution in [0.2, 0.25) is 0 Å². The number of amides is 1. The first-order valence-electron chi connectivity index (χ1n) is 4.91. The van der Waals surface area contributed by atoms with Gasteiger partial charge in [0.2, 0.25) is 6.41 Å². The number of ether oxygens (including phenoxy) is 2. The van der Waals surface area contributed by atoms with Gasteiger partial charge in [0.15, 0.2) is 6.29 Å². The number of rotatable bonds is 5. The zero-order valence-electron chi connectivity index (χ0n) is 9.75. The van der Waals surface area contributed by atoms with Crippen molar-refractivity contribution in [2.24, 2.45) is 0 Å². The van der Waals surface area contributed by atoms with Crippen LogP contribution in [0.3, 0.4) is 0 Å². The molecule has 100 valence electrons. The lowest BCUT2D eigenvalue weighted by atomic mass is 10.1. The summed E-state index contributed by atoms with van der Waals surface area (Å²) < 4.78 is 48.2. The fraction of sp³-hybridized carbons (Fsp3) is 0.364. The van der Waals surface area contributed by atoms with Crippen molar-refractivity contribution in [3.8, 4) is 0 Å². The molecule has 0 aliphatic rings. The number of anilines is 1. The van der Waals surface area contributed by atoms with Gasteiger partial charge in [0.05, 0.1) is 5.56 Å². The van der Waals surface area contributed by atoms with E-state index < -0.39 is 18.0 Å². The Morgan fingerprint density at radius 2 is 1.89 bits per heavy atom. The summed E-state index contributed by atoms with van der Waals surface area (Å²) in [5.74, 6) is 0. The number of alkyl halides is 3. The highest BCUT2D eigenvalue weighted by atomic mass is 19.4. The van der Waals surface area contributed by atoms with E-state index in [2.05, 4.69) is 5.32 Å². The molecule has 0 bridgehead atoms. The molecular formula is C11H12F3NO3. The number of carbonyl (C=O) groups excluding carboxylic acids is 1. The van der Waals surface area contributed by atoms with Gasteiger partial charge in [0, 0.05) is 25.5 Å². The van der Waals surface area contributed by atoms with Gasteiger partial charge in [-0.2, -0.15) is 13.2 Å². The van der Waals surface area contributed by atoms with Crippen LogP contribution in [-0.4, -0.2) is 20.6 Å². The number of carbonyl (C=O) groups is 1. The van der Waals surface area contributed by atoms with Crippen LogP contribution in [0.15, 0.2) is 18.2 Å². The molecule has 1 aromatic carbocycles. The van der Waals surface area contributed by atoms with Crippen molar-refractivity contribution < 1.29 is 27.4 Å². The van der Waals surface area contributed by atoms with Crippen LogP contribution in [-0.2, 0) is 20.4 Å². The van der Waals surface area contributed by atoms with Crippen molar-refractivity contribution in [2.75, 3.05) is 19.5 Å². The molecule has 0 unspecified atom stereocenters. The fourth-order valence-electron chi connectivity index (χ4n) is 1.52. The second-order valence-electron chi connectivity index (χ2n) is 3.37. The Kier molecular flexibility index (Phi) is 4.69. The second-order valence-corrected chi connectivity index (χ2v) is 3.37. The molecule has 0 atom stereocenters. The molecule has 0 saturated heterocycles. The SMILES string of the molecule is COC(OC)c1ccc(NC=O)cc1C(F)(F)F. The first-order valence-corrected chi connectivity index (χ1v) is 4.91. The van der Waals surface area contributed by atoms with Gasteiger partial charge in [-0.15, -0.1) is 0 Å². The Morgan fingerprint density at radius 3 is 2.33 bits per heavy atom. The standard InChI is InChI=1S/C11H12F3NO3/c1-17-10(18-2)8-4-3-7(15-6-16)5-9(8)11(12,13)14/h3-6,10H,1-2H3,(H,15,16). The van der Waals surface area contributed by atoms with Gasteiger partial charge in [0.1, 0.15) is 0 Å². The number of hydrogen-bond acceptors (Lipinski definition) is 3. The van der Waals surface area contributed by atoms with Crippen LogP contribution in [0.4, 0.5) is 18.9 Å². The van der Waals surface area contributed by atoms with Crippen molar-refractivity contribution in [2.45, 2.75) is 12.5 Å². The normalized spacial score (nSPS) is 11.7. The maximum atomic E-state index is 12.9. The lowest BCUT2D eigenvalue weighted by Gasteiger charge is -2.20. The van der Waals surface area contributed by atoms with Gasteiger partial charge in [-0.3, -0.25) is 4.79 Å². The van der Waals surface area contributed by atoms with Crippen LogP contribution in [0.5, 0.6) is 0 Å². The lowest BCUT2D eigenvalue weighted by molar-refractivity contribution is -0.147. The predicted octanol–water partition coefficient (Wildman–Crippen LogP) is 2.57. The zero-order chi connectivity index (χ0) is 13.8. The van der Waals surface area contributed by atoms with E-state index in [1.54, 1.807) is 0 Å². The van der Waals surface area contributed by atoms with Crippen LogP contribution in [0.25, 0.3) is 0 Å². The first kappa shape index (κ1) is 14.5. The van der Waals surface area contributed by atoms with Crippen LogP contribution < -0.4 is 5.32 Å². The minimum absolute atomic E-state index is 0.0482. The van der Waals surface area contributed by atoms with Crippen molar-refractivity contribution >= 4 is 12.1 Å². The van der Waals surface area contributed by atoms with Crippen molar-refractivity contribution in [1.82, 2.24) is 0 Å². The Balaban J connectivity index is 3.29. The highest BCUT2D eigenvalue weighted by molar-refractivity contribution is 5.71. The molecule has 18 heavy (non-hydrogen) atoms. The molecule has 1 rings (SSSR count). The maximum absolute atomic E-state index is 12.9. The maximum Gasteiger partial charge on any atom is 0.416 e. The molecule has 1 amide bonds. The summed E-state index contributed by atoms with van der Waals surface area (Å²) in [5.41, 5.74) is -1.01. The van der Waals surface area contributed by atoms with E-state index in [0.717, 1.165) is 6.07 Å². The molecule has 0 fully saturated rings. The van der Waals surface area contributed by atoms with Crippen LogP contribution in [0, 0.1) is 0 Å². The van der Waals surface area contributed by atoms with Gasteiger partial charge in [-0.05, 0) is 12.1 Å². The molecule has 1 N–H and O–H groups in total. The van der Waals surface area contributed by atoms with E-state index >= 15 is 0 Å². The molecule has 0 saturated carbocycles. The topological polar surface area (TPSA) is 47.6 Å². The molecular weight excluding hydrogens is 251 g/mol. The molecule has 0 aliphatic carbocycles. The van der Waals surface area contributed by atoms with Gasteiger partial charge in [-0.1, -0.05) is 6.07 Å². The van der Waals surface area contributed by atoms with Crippen LogP contribution in [0.1, 0.15) is 17.4 Å². The zero-order valence-corrected chi connectivity index (χ0v) is 9.75. The highest BCUT2D eigenvalue weighted by Crippen LogP contribution is 2.37. The molecule has 0 radical (unpaired) electrons. The lowest BCUT2D eigenvalue weighted by Crippen LogP contribution is -2.15. The van der Waals surface area contributed by atoms with E-state index in [1.807, 2.05) is 0 Å². The largest absolute Gasteiger partial charge is 0.416 e. The number of methoxy groups -OCH3 is 2. The Bertz CT molecular complexity index is 416. The van der Waals surface area contributed by atoms with E-state index in [4.69, 9.17) is 9.47 Å². The minimum atomic E-state index is -4.56. The summed E-state index contributed by atoms with van der Waals surface area (Å²) in [7, 11) is 2.48. The third-order valence-electron chi connectivity index (χ3n) is 2.27. The Hall–Kier alpha value is -1.60. The summed E-state index contributed by atoms with van der Waals surface area (Å²) >= 11 is 0. The minimum Gasteiger partial charge on any atom is -0.352 e. The van der Waals surface area contributed by atoms with E-state index in [-0.39, 0.29) is 11.3 Å². The number of nitrogens with one attached hydrogen (secondary N) is 1. The predicted molar refractivity (Wildman–Crippen MR) is 57.9 cm³/mol. The summed E-state index contributed by atoms with van der Waals surface area (Å²) in [4.78, 5) is 10.2. The summed E-state index contributed by atoms with van der Waals surface area (Å²) in [6.07, 6.45) is -5.38. The summed E-state index contributed by atoms with van der Waals surface area (Å²) in [5, 5.41) is 2.16. The van der Waals surface area contributed by atoms with Gasteiger partial charge >= 0.3 is 6.18 Å². The van der Waals surface area contributed by atoms with Gasteiger partial charge < -0.3 is 14.8 Å². The van der Waals surface area contributed by atoms with Gasteiger partial charge in [-0.25, -0.2) is 0 Å². The third kappa shape index (κ3) is 3.21. The van der Waals surface area contributed by atoms with Crippen molar-refractivity contribution in [1.29, 1.82) is 0 Å². The Morgan fingerprint density at radius 1 is 1.28 bits per heavy atom. The molecule has 0 spiro atoms.